The monoisotopic (exact) mass is 447 g/mol. The fraction of sp³-hybridized carbons (Fsp3) is 0.125. The van der Waals surface area contributed by atoms with Gasteiger partial charge in [-0.25, -0.2) is 0 Å². The molecule has 0 atom stereocenters. The van der Waals surface area contributed by atoms with Gasteiger partial charge in [-0.15, -0.1) is 5.10 Å². The van der Waals surface area contributed by atoms with Crippen LogP contribution in [0.4, 0.5) is 0 Å². The van der Waals surface area contributed by atoms with Crippen LogP contribution in [0.2, 0.25) is 0 Å². The molecule has 4 rings (SSSR count). The lowest BCUT2D eigenvalue weighted by Gasteiger charge is -2.09. The SMILES string of the molecule is C=CCOc1ccc(-c2nc3s/c(=C/c4ccc(OCC=C)c(OC)c4)c(=O)n3n2)cc1. The number of methoxy groups -OCH3 is 1. The highest BCUT2D eigenvalue weighted by atomic mass is 32.1. The van der Waals surface area contributed by atoms with E-state index in [0.717, 1.165) is 16.9 Å². The summed E-state index contributed by atoms with van der Waals surface area (Å²) in [6.07, 6.45) is 5.13. The lowest BCUT2D eigenvalue weighted by atomic mass is 10.2. The molecule has 7 nitrogen and oxygen atoms in total. The lowest BCUT2D eigenvalue weighted by Crippen LogP contribution is -2.23. The summed E-state index contributed by atoms with van der Waals surface area (Å²) in [5.41, 5.74) is 1.39. The molecule has 162 valence electrons. The summed E-state index contributed by atoms with van der Waals surface area (Å²) >= 11 is 1.28. The van der Waals surface area contributed by atoms with Gasteiger partial charge in [0.05, 0.1) is 11.6 Å². The van der Waals surface area contributed by atoms with E-state index < -0.39 is 0 Å². The van der Waals surface area contributed by atoms with Gasteiger partial charge in [-0.1, -0.05) is 42.7 Å². The minimum Gasteiger partial charge on any atom is -0.493 e. The van der Waals surface area contributed by atoms with Crippen molar-refractivity contribution in [1.29, 1.82) is 0 Å². The summed E-state index contributed by atoms with van der Waals surface area (Å²) in [4.78, 5) is 17.9. The van der Waals surface area contributed by atoms with Gasteiger partial charge in [-0.3, -0.25) is 4.79 Å². The summed E-state index contributed by atoms with van der Waals surface area (Å²) in [5.74, 6) is 2.41. The average Bonchev–Trinajstić information content (AvgIpc) is 3.36. The van der Waals surface area contributed by atoms with Crippen LogP contribution in [-0.4, -0.2) is 34.9 Å². The fourth-order valence-electron chi connectivity index (χ4n) is 3.00. The molecule has 2 aromatic carbocycles. The van der Waals surface area contributed by atoms with E-state index in [1.165, 1.54) is 15.9 Å². The first-order valence-corrected chi connectivity index (χ1v) is 10.6. The van der Waals surface area contributed by atoms with Gasteiger partial charge < -0.3 is 14.2 Å². The van der Waals surface area contributed by atoms with E-state index in [4.69, 9.17) is 14.2 Å². The van der Waals surface area contributed by atoms with Crippen molar-refractivity contribution in [3.8, 4) is 28.6 Å². The van der Waals surface area contributed by atoms with Crippen LogP contribution in [0.3, 0.4) is 0 Å². The van der Waals surface area contributed by atoms with Crippen LogP contribution in [0, 0.1) is 0 Å². The van der Waals surface area contributed by atoms with Crippen molar-refractivity contribution in [2.45, 2.75) is 0 Å². The maximum absolute atomic E-state index is 12.9. The summed E-state index contributed by atoms with van der Waals surface area (Å²) in [6.45, 7) is 8.09. The molecule has 0 radical (unpaired) electrons. The minimum absolute atomic E-state index is 0.222. The summed E-state index contributed by atoms with van der Waals surface area (Å²) in [7, 11) is 1.57. The number of hydrogen-bond acceptors (Lipinski definition) is 7. The smallest absolute Gasteiger partial charge is 0.291 e. The highest BCUT2D eigenvalue weighted by Gasteiger charge is 2.12. The van der Waals surface area contributed by atoms with E-state index in [1.54, 1.807) is 31.4 Å². The molecule has 8 heteroatoms. The van der Waals surface area contributed by atoms with E-state index >= 15 is 0 Å². The molecule has 0 unspecified atom stereocenters. The highest BCUT2D eigenvalue weighted by molar-refractivity contribution is 7.15. The number of thiazole rings is 1. The fourth-order valence-corrected chi connectivity index (χ4v) is 3.91. The maximum atomic E-state index is 12.9. The van der Waals surface area contributed by atoms with Crippen LogP contribution in [-0.2, 0) is 0 Å². The Hall–Kier alpha value is -3.91. The van der Waals surface area contributed by atoms with E-state index in [-0.39, 0.29) is 5.56 Å². The van der Waals surface area contributed by atoms with Crippen molar-refractivity contribution in [2.24, 2.45) is 0 Å². The first kappa shape index (κ1) is 21.3. The van der Waals surface area contributed by atoms with Crippen LogP contribution >= 0.6 is 11.3 Å². The molecule has 0 spiro atoms. The molecule has 32 heavy (non-hydrogen) atoms. The molecule has 0 aliphatic rings. The summed E-state index contributed by atoms with van der Waals surface area (Å²) in [5, 5.41) is 4.39. The van der Waals surface area contributed by atoms with Crippen molar-refractivity contribution in [3.63, 3.8) is 0 Å². The van der Waals surface area contributed by atoms with Gasteiger partial charge in [0.1, 0.15) is 19.0 Å². The lowest BCUT2D eigenvalue weighted by molar-refractivity contribution is 0.326. The van der Waals surface area contributed by atoms with Gasteiger partial charge in [0.25, 0.3) is 5.56 Å². The van der Waals surface area contributed by atoms with Crippen molar-refractivity contribution in [1.82, 2.24) is 14.6 Å². The molecule has 0 fully saturated rings. The van der Waals surface area contributed by atoms with Crippen molar-refractivity contribution < 1.29 is 14.2 Å². The number of ether oxygens (including phenoxy) is 3. The molecular formula is C24H21N3O4S. The van der Waals surface area contributed by atoms with Gasteiger partial charge in [-0.05, 0) is 48.0 Å². The van der Waals surface area contributed by atoms with Crippen molar-refractivity contribution in [3.05, 3.63) is 88.2 Å². The first-order chi connectivity index (χ1) is 15.6. The molecule has 0 N–H and O–H groups in total. The second-order valence-electron chi connectivity index (χ2n) is 6.68. The van der Waals surface area contributed by atoms with Gasteiger partial charge in [-0.2, -0.15) is 9.50 Å². The van der Waals surface area contributed by atoms with Gasteiger partial charge in [0.2, 0.25) is 4.96 Å². The zero-order chi connectivity index (χ0) is 22.5. The van der Waals surface area contributed by atoms with Crippen molar-refractivity contribution in [2.75, 3.05) is 20.3 Å². The average molecular weight is 448 g/mol. The number of nitrogens with zero attached hydrogens (tertiary/aromatic N) is 3. The molecule has 2 aromatic heterocycles. The number of aromatic nitrogens is 3. The van der Waals surface area contributed by atoms with E-state index in [9.17, 15) is 4.79 Å². The minimum atomic E-state index is -0.222. The van der Waals surface area contributed by atoms with Crippen LogP contribution in [0.25, 0.3) is 22.4 Å². The highest BCUT2D eigenvalue weighted by Crippen LogP contribution is 2.28. The quantitative estimate of drug-likeness (QED) is 0.366. The molecule has 4 aromatic rings. The summed E-state index contributed by atoms with van der Waals surface area (Å²) < 4.78 is 18.3. The molecule has 0 aliphatic carbocycles. The standard InChI is InChI=1S/C24H21N3O4S/c1-4-12-30-18-9-7-17(8-10-18)22-25-24-27(26-22)23(28)21(32-24)15-16-6-11-19(31-13-5-2)20(14-16)29-3/h4-11,14-15H,1-2,12-13H2,3H3/b21-15+. The predicted molar refractivity (Wildman–Crippen MR) is 126 cm³/mol. The number of hydrogen-bond donors (Lipinski definition) is 0. The Morgan fingerprint density at radius 2 is 1.78 bits per heavy atom. The molecule has 0 saturated carbocycles. The Balaban J connectivity index is 1.63. The zero-order valence-electron chi connectivity index (χ0n) is 17.5. The normalized spacial score (nSPS) is 11.5. The predicted octanol–water partition coefficient (Wildman–Crippen LogP) is 3.50. The topological polar surface area (TPSA) is 75.0 Å². The van der Waals surface area contributed by atoms with Gasteiger partial charge >= 0.3 is 0 Å². The molecule has 0 aliphatic heterocycles. The first-order valence-electron chi connectivity index (χ1n) is 9.80. The zero-order valence-corrected chi connectivity index (χ0v) is 18.3. The van der Waals surface area contributed by atoms with Crippen LogP contribution < -0.4 is 24.3 Å². The van der Waals surface area contributed by atoms with E-state index in [2.05, 4.69) is 23.2 Å². The number of fused-ring (bicyclic) bond motifs is 1. The molecule has 0 amide bonds. The Morgan fingerprint density at radius 1 is 1.03 bits per heavy atom. The van der Waals surface area contributed by atoms with Gasteiger partial charge in [0.15, 0.2) is 17.3 Å². The Kier molecular flexibility index (Phi) is 6.32. The molecule has 2 heterocycles. The van der Waals surface area contributed by atoms with Crippen LogP contribution in [0.1, 0.15) is 5.56 Å². The van der Waals surface area contributed by atoms with E-state index in [0.29, 0.717) is 40.0 Å². The Labute approximate surface area is 188 Å². The number of benzene rings is 2. The second-order valence-corrected chi connectivity index (χ2v) is 7.69. The Morgan fingerprint density at radius 3 is 2.47 bits per heavy atom. The largest absolute Gasteiger partial charge is 0.493 e. The molecule has 0 saturated heterocycles. The van der Waals surface area contributed by atoms with Crippen molar-refractivity contribution >= 4 is 22.4 Å². The third-order valence-corrected chi connectivity index (χ3v) is 5.46. The third kappa shape index (κ3) is 4.40. The molecule has 0 bridgehead atoms. The van der Waals surface area contributed by atoms with Crippen LogP contribution in [0.15, 0.2) is 72.6 Å². The second kappa shape index (κ2) is 9.49. The molecular weight excluding hydrogens is 426 g/mol. The Bertz CT molecular complexity index is 1370. The van der Waals surface area contributed by atoms with E-state index in [1.807, 2.05) is 36.4 Å². The van der Waals surface area contributed by atoms with Crippen LogP contribution in [0.5, 0.6) is 17.2 Å². The van der Waals surface area contributed by atoms with Gasteiger partial charge in [0, 0.05) is 5.56 Å². The number of rotatable bonds is 9. The summed E-state index contributed by atoms with van der Waals surface area (Å²) in [6, 6.07) is 12.9. The third-order valence-electron chi connectivity index (χ3n) is 4.50. The maximum Gasteiger partial charge on any atom is 0.291 e.